The van der Waals surface area contributed by atoms with Crippen LogP contribution in [-0.2, 0) is 16.6 Å². The summed E-state index contributed by atoms with van der Waals surface area (Å²) in [7, 11) is -2.01. The number of sulfonamides is 1. The number of nitrogens with zero attached hydrogens (tertiary/aromatic N) is 2. The molecule has 7 heteroatoms. The number of hydrogen-bond donors (Lipinski definition) is 1. The molecular weight excluding hydrogens is 278 g/mol. The Hall–Kier alpha value is -1.86. The molecule has 0 saturated carbocycles. The lowest BCUT2D eigenvalue weighted by Crippen LogP contribution is -2.26. The van der Waals surface area contributed by atoms with Crippen molar-refractivity contribution in [1.82, 2.24) is 14.5 Å². The van der Waals surface area contributed by atoms with E-state index >= 15 is 0 Å². The summed E-state index contributed by atoms with van der Waals surface area (Å²) < 4.78 is 31.4. The van der Waals surface area contributed by atoms with E-state index in [0.29, 0.717) is 12.4 Å². The number of ether oxygens (including phenoxy) is 1. The van der Waals surface area contributed by atoms with Gasteiger partial charge in [0.25, 0.3) is 0 Å². The number of para-hydroxylation sites is 1. The minimum Gasteiger partial charge on any atom is -0.494 e. The van der Waals surface area contributed by atoms with Gasteiger partial charge < -0.3 is 4.74 Å². The summed E-state index contributed by atoms with van der Waals surface area (Å²) in [6.45, 7) is 2.67. The lowest BCUT2D eigenvalue weighted by Gasteiger charge is -2.18. The first kappa shape index (κ1) is 14.5. The fourth-order valence-corrected chi connectivity index (χ4v) is 2.87. The Balaban J connectivity index is 2.22. The highest BCUT2D eigenvalue weighted by molar-refractivity contribution is 7.89. The number of rotatable bonds is 6. The molecule has 0 bridgehead atoms. The number of aromatic amines is 1. The van der Waals surface area contributed by atoms with Crippen molar-refractivity contribution in [1.29, 1.82) is 0 Å². The molecule has 0 saturated heterocycles. The zero-order chi connectivity index (χ0) is 14.6. The third kappa shape index (κ3) is 3.00. The summed E-state index contributed by atoms with van der Waals surface area (Å²) >= 11 is 0. The predicted molar refractivity (Wildman–Crippen MR) is 74.9 cm³/mol. The second-order valence-electron chi connectivity index (χ2n) is 4.24. The van der Waals surface area contributed by atoms with Crippen molar-refractivity contribution < 1.29 is 13.2 Å². The maximum Gasteiger partial charge on any atom is 0.246 e. The third-order valence-corrected chi connectivity index (χ3v) is 4.62. The summed E-state index contributed by atoms with van der Waals surface area (Å²) in [5.74, 6) is 0.698. The first-order valence-corrected chi connectivity index (χ1v) is 7.65. The molecular formula is C13H17N3O3S. The highest BCUT2D eigenvalue weighted by Gasteiger charge is 2.22. The molecule has 0 aliphatic heterocycles. The molecule has 2 aromatic rings. The summed E-state index contributed by atoms with van der Waals surface area (Å²) in [5, 5.41) is 6.18. The molecule has 0 aliphatic carbocycles. The van der Waals surface area contributed by atoms with Crippen molar-refractivity contribution in [3.05, 3.63) is 42.2 Å². The van der Waals surface area contributed by atoms with Crippen LogP contribution >= 0.6 is 0 Å². The van der Waals surface area contributed by atoms with Crippen molar-refractivity contribution in [2.75, 3.05) is 13.7 Å². The first-order valence-electron chi connectivity index (χ1n) is 6.21. The van der Waals surface area contributed by atoms with Gasteiger partial charge in [-0.2, -0.15) is 9.40 Å². The highest BCUT2D eigenvalue weighted by Crippen LogP contribution is 2.22. The minimum absolute atomic E-state index is 0.147. The number of benzene rings is 1. The number of hydrogen-bond acceptors (Lipinski definition) is 4. The van der Waals surface area contributed by atoms with Gasteiger partial charge in [0.15, 0.2) is 0 Å². The Bertz CT molecular complexity index is 653. The zero-order valence-corrected chi connectivity index (χ0v) is 12.2. The van der Waals surface area contributed by atoms with Gasteiger partial charge in [0, 0.05) is 25.4 Å². The highest BCUT2D eigenvalue weighted by atomic mass is 32.2. The average molecular weight is 295 g/mol. The van der Waals surface area contributed by atoms with Crippen LogP contribution in [0.2, 0.25) is 0 Å². The monoisotopic (exact) mass is 295 g/mol. The Morgan fingerprint density at radius 2 is 2.10 bits per heavy atom. The minimum atomic E-state index is -3.54. The molecule has 108 valence electrons. The second kappa shape index (κ2) is 6.06. The Morgan fingerprint density at radius 3 is 2.75 bits per heavy atom. The van der Waals surface area contributed by atoms with Gasteiger partial charge in [-0.15, -0.1) is 0 Å². The molecule has 1 heterocycles. The lowest BCUT2D eigenvalue weighted by atomic mass is 10.2. The van der Waals surface area contributed by atoms with Crippen LogP contribution in [0.4, 0.5) is 0 Å². The third-order valence-electron chi connectivity index (χ3n) is 2.85. The largest absolute Gasteiger partial charge is 0.494 e. The molecule has 0 amide bonds. The Morgan fingerprint density at radius 1 is 1.35 bits per heavy atom. The van der Waals surface area contributed by atoms with Gasteiger partial charge in [-0.25, -0.2) is 8.42 Å². The van der Waals surface area contributed by atoms with Gasteiger partial charge in [-0.1, -0.05) is 18.2 Å². The van der Waals surface area contributed by atoms with E-state index in [9.17, 15) is 8.42 Å². The van der Waals surface area contributed by atoms with Crippen LogP contribution in [-0.4, -0.2) is 36.6 Å². The van der Waals surface area contributed by atoms with Crippen LogP contribution in [0.15, 0.2) is 41.6 Å². The van der Waals surface area contributed by atoms with Crippen LogP contribution in [0, 0.1) is 0 Å². The molecule has 0 spiro atoms. The number of aromatic nitrogens is 2. The van der Waals surface area contributed by atoms with Crippen LogP contribution < -0.4 is 4.74 Å². The maximum atomic E-state index is 12.3. The molecule has 0 fully saturated rings. The van der Waals surface area contributed by atoms with Crippen molar-refractivity contribution >= 4 is 10.0 Å². The van der Waals surface area contributed by atoms with E-state index in [0.717, 1.165) is 5.56 Å². The zero-order valence-electron chi connectivity index (χ0n) is 11.4. The molecule has 2 rings (SSSR count). The maximum absolute atomic E-state index is 12.3. The molecule has 1 aromatic heterocycles. The van der Waals surface area contributed by atoms with Crippen LogP contribution in [0.3, 0.4) is 0 Å². The van der Waals surface area contributed by atoms with Crippen molar-refractivity contribution in [3.8, 4) is 5.75 Å². The Labute approximate surface area is 118 Å². The molecule has 0 unspecified atom stereocenters. The molecule has 0 radical (unpaired) electrons. The smallest absolute Gasteiger partial charge is 0.246 e. The van der Waals surface area contributed by atoms with E-state index in [2.05, 4.69) is 10.2 Å². The molecule has 1 aromatic carbocycles. The van der Waals surface area contributed by atoms with Gasteiger partial charge in [-0.3, -0.25) is 5.10 Å². The van der Waals surface area contributed by atoms with Gasteiger partial charge in [0.2, 0.25) is 10.0 Å². The fraction of sp³-hybridized carbons (Fsp3) is 0.308. The topological polar surface area (TPSA) is 75.3 Å². The van der Waals surface area contributed by atoms with Crippen LogP contribution in [0.5, 0.6) is 5.75 Å². The van der Waals surface area contributed by atoms with Gasteiger partial charge in [0.05, 0.1) is 12.8 Å². The normalized spacial score (nSPS) is 11.8. The summed E-state index contributed by atoms with van der Waals surface area (Å²) in [6, 6.07) is 7.40. The summed E-state index contributed by atoms with van der Waals surface area (Å²) in [4.78, 5) is 0.147. The first-order chi connectivity index (χ1) is 9.55. The van der Waals surface area contributed by atoms with Gasteiger partial charge in [0.1, 0.15) is 10.6 Å². The average Bonchev–Trinajstić information content (AvgIpc) is 2.96. The van der Waals surface area contributed by atoms with E-state index in [1.165, 1.54) is 23.7 Å². The Kier molecular flexibility index (Phi) is 4.41. The van der Waals surface area contributed by atoms with Gasteiger partial charge >= 0.3 is 0 Å². The van der Waals surface area contributed by atoms with E-state index in [1.807, 2.05) is 31.2 Å². The van der Waals surface area contributed by atoms with E-state index < -0.39 is 10.0 Å². The van der Waals surface area contributed by atoms with Gasteiger partial charge in [-0.05, 0) is 13.0 Å². The van der Waals surface area contributed by atoms with Crippen molar-refractivity contribution in [2.24, 2.45) is 0 Å². The van der Waals surface area contributed by atoms with Crippen LogP contribution in [0.1, 0.15) is 12.5 Å². The number of H-pyrrole nitrogens is 1. The lowest BCUT2D eigenvalue weighted by molar-refractivity contribution is 0.332. The van der Waals surface area contributed by atoms with Crippen molar-refractivity contribution in [3.63, 3.8) is 0 Å². The summed E-state index contributed by atoms with van der Waals surface area (Å²) in [5.41, 5.74) is 0.823. The fourth-order valence-electron chi connectivity index (χ4n) is 1.82. The van der Waals surface area contributed by atoms with E-state index in [-0.39, 0.29) is 11.4 Å². The summed E-state index contributed by atoms with van der Waals surface area (Å²) in [6.07, 6.45) is 2.65. The van der Waals surface area contributed by atoms with Crippen LogP contribution in [0.25, 0.3) is 0 Å². The molecule has 1 N–H and O–H groups in total. The predicted octanol–water partition coefficient (Wildman–Crippen LogP) is 1.63. The second-order valence-corrected chi connectivity index (χ2v) is 6.28. The van der Waals surface area contributed by atoms with E-state index in [1.54, 1.807) is 0 Å². The quantitative estimate of drug-likeness (QED) is 0.879. The molecule has 0 aliphatic rings. The van der Waals surface area contributed by atoms with E-state index in [4.69, 9.17) is 4.74 Å². The number of nitrogens with one attached hydrogen (secondary N) is 1. The molecule has 0 atom stereocenters. The standard InChI is InChI=1S/C13H17N3O3S/c1-3-19-13-7-5-4-6-11(13)10-16(2)20(17,18)12-8-14-15-9-12/h4-9H,3,10H2,1-2H3,(H,14,15). The van der Waals surface area contributed by atoms with Crippen molar-refractivity contribution in [2.45, 2.75) is 18.4 Å². The molecule has 20 heavy (non-hydrogen) atoms. The SMILES string of the molecule is CCOc1ccccc1CN(C)S(=O)(=O)c1cn[nH]c1. The molecule has 6 nitrogen and oxygen atoms in total.